The molecule has 0 fully saturated rings. The van der Waals surface area contributed by atoms with Gasteiger partial charge in [0.25, 0.3) is 0 Å². The lowest BCUT2D eigenvalue weighted by atomic mass is 9.94. The van der Waals surface area contributed by atoms with Crippen LogP contribution in [-0.2, 0) is 0 Å². The molecular weight excluding hydrogens is 751 g/mol. The van der Waals surface area contributed by atoms with Gasteiger partial charge in [0.1, 0.15) is 11.2 Å². The van der Waals surface area contributed by atoms with Crippen molar-refractivity contribution in [1.29, 1.82) is 0 Å². The minimum Gasteiger partial charge on any atom is -0.456 e. The van der Waals surface area contributed by atoms with Crippen LogP contribution in [0.15, 0.2) is 241 Å². The lowest BCUT2D eigenvalue weighted by Gasteiger charge is -2.26. The van der Waals surface area contributed by atoms with Crippen LogP contribution in [0.1, 0.15) is 0 Å². The van der Waals surface area contributed by atoms with Gasteiger partial charge in [-0.05, 0) is 131 Å². The molecule has 12 rings (SSSR count). The quantitative estimate of drug-likeness (QED) is 0.150. The van der Waals surface area contributed by atoms with Crippen LogP contribution in [0, 0.1) is 0 Å². The van der Waals surface area contributed by atoms with Crippen LogP contribution in [-0.4, -0.2) is 0 Å². The third kappa shape index (κ3) is 6.20. The monoisotopic (exact) mass is 789 g/mol. The van der Waals surface area contributed by atoms with Crippen molar-refractivity contribution in [1.82, 2.24) is 0 Å². The van der Waals surface area contributed by atoms with E-state index in [1.807, 2.05) is 12.1 Å². The van der Waals surface area contributed by atoms with Gasteiger partial charge < -0.3 is 9.32 Å². The number of nitrogens with zero attached hydrogens (tertiary/aromatic N) is 1. The van der Waals surface area contributed by atoms with Gasteiger partial charge in [-0.2, -0.15) is 0 Å². The van der Waals surface area contributed by atoms with Crippen molar-refractivity contribution in [3.63, 3.8) is 0 Å². The predicted octanol–water partition coefficient (Wildman–Crippen LogP) is 17.2. The highest BCUT2D eigenvalue weighted by atomic mass is 16.3. The fourth-order valence-corrected chi connectivity index (χ4v) is 9.36. The Morgan fingerprint density at radius 1 is 0.242 bits per heavy atom. The van der Waals surface area contributed by atoms with E-state index in [2.05, 4.69) is 229 Å². The van der Waals surface area contributed by atoms with E-state index in [9.17, 15) is 0 Å². The van der Waals surface area contributed by atoms with E-state index in [-0.39, 0.29) is 0 Å². The summed E-state index contributed by atoms with van der Waals surface area (Å²) in [5.74, 6) is 0. The summed E-state index contributed by atoms with van der Waals surface area (Å²) in [7, 11) is 0. The van der Waals surface area contributed by atoms with Crippen LogP contribution in [0.25, 0.3) is 98.8 Å². The highest BCUT2D eigenvalue weighted by Gasteiger charge is 2.16. The van der Waals surface area contributed by atoms with Gasteiger partial charge in [-0.15, -0.1) is 0 Å². The zero-order valence-electron chi connectivity index (χ0n) is 33.9. The zero-order chi connectivity index (χ0) is 41.0. The minimum atomic E-state index is 0.905. The van der Waals surface area contributed by atoms with E-state index in [1.54, 1.807) is 0 Å². The fraction of sp³-hybridized carbons (Fsp3) is 0. The number of fused-ring (bicyclic) bond motifs is 7. The summed E-state index contributed by atoms with van der Waals surface area (Å²) in [5, 5.41) is 9.86. The van der Waals surface area contributed by atoms with E-state index >= 15 is 0 Å². The van der Waals surface area contributed by atoms with E-state index in [1.165, 1.54) is 65.7 Å². The van der Waals surface area contributed by atoms with Crippen LogP contribution in [0.4, 0.5) is 17.1 Å². The van der Waals surface area contributed by atoms with Crippen molar-refractivity contribution in [3.05, 3.63) is 237 Å². The van der Waals surface area contributed by atoms with Crippen molar-refractivity contribution in [2.45, 2.75) is 0 Å². The van der Waals surface area contributed by atoms with Gasteiger partial charge in [0.2, 0.25) is 0 Å². The molecule has 1 aromatic heterocycles. The van der Waals surface area contributed by atoms with Crippen molar-refractivity contribution < 1.29 is 4.42 Å². The highest BCUT2D eigenvalue weighted by Crippen LogP contribution is 2.40. The van der Waals surface area contributed by atoms with Crippen molar-refractivity contribution >= 4 is 71.3 Å². The molecule has 1 heterocycles. The van der Waals surface area contributed by atoms with Crippen LogP contribution in [0.5, 0.6) is 0 Å². The first kappa shape index (κ1) is 35.7. The van der Waals surface area contributed by atoms with E-state index in [0.29, 0.717) is 0 Å². The van der Waals surface area contributed by atoms with Gasteiger partial charge >= 0.3 is 0 Å². The van der Waals surface area contributed by atoms with Crippen molar-refractivity contribution in [3.8, 4) is 44.5 Å². The van der Waals surface area contributed by atoms with E-state index < -0.39 is 0 Å². The van der Waals surface area contributed by atoms with Crippen molar-refractivity contribution in [2.24, 2.45) is 0 Å². The Bertz CT molecular complexity index is 3590. The Morgan fingerprint density at radius 3 is 1.35 bits per heavy atom. The largest absolute Gasteiger partial charge is 0.456 e. The smallest absolute Gasteiger partial charge is 0.135 e. The average molecular weight is 790 g/mol. The molecule has 0 N–H and O–H groups in total. The van der Waals surface area contributed by atoms with Gasteiger partial charge in [-0.3, -0.25) is 0 Å². The summed E-state index contributed by atoms with van der Waals surface area (Å²) < 4.78 is 6.13. The van der Waals surface area contributed by atoms with E-state index in [4.69, 9.17) is 4.42 Å². The van der Waals surface area contributed by atoms with Gasteiger partial charge in [0, 0.05) is 27.8 Å². The number of furan rings is 1. The maximum atomic E-state index is 6.13. The first-order valence-electron chi connectivity index (χ1n) is 21.2. The van der Waals surface area contributed by atoms with Crippen LogP contribution in [0.2, 0.25) is 0 Å². The molecule has 0 bridgehead atoms. The molecule has 0 spiro atoms. The molecule has 0 aliphatic heterocycles. The summed E-state index contributed by atoms with van der Waals surface area (Å²) in [5.41, 5.74) is 14.6. The minimum absolute atomic E-state index is 0.905. The second-order valence-corrected chi connectivity index (χ2v) is 16.1. The summed E-state index contributed by atoms with van der Waals surface area (Å²) >= 11 is 0. The van der Waals surface area contributed by atoms with Gasteiger partial charge in [-0.1, -0.05) is 182 Å². The van der Waals surface area contributed by atoms with Crippen LogP contribution >= 0.6 is 0 Å². The first-order valence-corrected chi connectivity index (χ1v) is 21.2. The second-order valence-electron chi connectivity index (χ2n) is 16.1. The molecule has 11 aromatic carbocycles. The first-order chi connectivity index (χ1) is 30.7. The zero-order valence-corrected chi connectivity index (χ0v) is 33.9. The molecule has 2 heteroatoms. The molecule has 0 aliphatic rings. The summed E-state index contributed by atoms with van der Waals surface area (Å²) in [6, 6.07) is 85.5. The molecule has 290 valence electrons. The number of benzene rings is 11. The SMILES string of the molecule is c1ccc2c(-c3ccc(-c4ccc(N(c5ccc(-c6ccc7oc8ccccc8c7c6)cc5)c5ccc(-c6cccc7c6ccc6ccccc67)cc5)cc4)cc3)cccc2c1. The number of para-hydroxylation sites is 1. The van der Waals surface area contributed by atoms with Crippen LogP contribution in [0.3, 0.4) is 0 Å². The average Bonchev–Trinajstić information content (AvgIpc) is 3.72. The predicted molar refractivity (Wildman–Crippen MR) is 263 cm³/mol. The Kier molecular flexibility index (Phi) is 8.53. The summed E-state index contributed by atoms with van der Waals surface area (Å²) in [4.78, 5) is 2.35. The lowest BCUT2D eigenvalue weighted by molar-refractivity contribution is 0.669. The fourth-order valence-electron chi connectivity index (χ4n) is 9.36. The number of hydrogen-bond donors (Lipinski definition) is 0. The molecule has 0 unspecified atom stereocenters. The maximum absolute atomic E-state index is 6.13. The third-order valence-electron chi connectivity index (χ3n) is 12.5. The topological polar surface area (TPSA) is 16.4 Å². The van der Waals surface area contributed by atoms with Gasteiger partial charge in [0.05, 0.1) is 0 Å². The molecule has 0 amide bonds. The number of rotatable bonds is 7. The molecule has 0 saturated carbocycles. The standard InChI is InChI=1S/C60H39NO/c1-3-12-51-43(9-1)11-7-15-52(51)45-21-19-40(20-22-45)41-23-31-48(32-24-41)61(49-33-25-42(26-34-49)47-30-38-60-58(39-47)57-14-5-6-18-59(57)62-60)50-35-27-46(28-36-50)54-16-8-17-55-53-13-4-2-10-44(53)29-37-56(54)55/h1-39H. The Balaban J connectivity index is 0.905. The molecule has 0 radical (unpaired) electrons. The van der Waals surface area contributed by atoms with Gasteiger partial charge in [0.15, 0.2) is 0 Å². The molecule has 0 saturated heterocycles. The summed E-state index contributed by atoms with van der Waals surface area (Å²) in [6.07, 6.45) is 0. The Labute approximate surface area is 360 Å². The number of anilines is 3. The molecule has 0 aliphatic carbocycles. The lowest BCUT2D eigenvalue weighted by Crippen LogP contribution is -2.09. The second kappa shape index (κ2) is 14.8. The Hall–Kier alpha value is -8.20. The summed E-state index contributed by atoms with van der Waals surface area (Å²) in [6.45, 7) is 0. The van der Waals surface area contributed by atoms with Crippen LogP contribution < -0.4 is 4.90 Å². The maximum Gasteiger partial charge on any atom is 0.135 e. The van der Waals surface area contributed by atoms with E-state index in [0.717, 1.165) is 50.1 Å². The molecule has 12 aromatic rings. The van der Waals surface area contributed by atoms with Crippen molar-refractivity contribution in [2.75, 3.05) is 4.90 Å². The number of hydrogen-bond acceptors (Lipinski definition) is 2. The molecular formula is C60H39NO. The third-order valence-corrected chi connectivity index (χ3v) is 12.5. The molecule has 0 atom stereocenters. The molecule has 62 heavy (non-hydrogen) atoms. The van der Waals surface area contributed by atoms with Gasteiger partial charge in [-0.25, -0.2) is 0 Å². The molecule has 2 nitrogen and oxygen atoms in total. The highest BCUT2D eigenvalue weighted by molar-refractivity contribution is 6.12. The Morgan fingerprint density at radius 2 is 0.677 bits per heavy atom. The normalized spacial score (nSPS) is 11.5.